The summed E-state index contributed by atoms with van der Waals surface area (Å²) in [7, 11) is 3.94. The first-order valence-electron chi connectivity index (χ1n) is 9.61. The van der Waals surface area contributed by atoms with Crippen LogP contribution in [0.25, 0.3) is 21.8 Å². The van der Waals surface area contributed by atoms with Crippen molar-refractivity contribution in [3.63, 3.8) is 0 Å². The van der Waals surface area contributed by atoms with Gasteiger partial charge in [0, 0.05) is 53.7 Å². The molecule has 2 heterocycles. The van der Waals surface area contributed by atoms with Gasteiger partial charge in [-0.1, -0.05) is 30.3 Å². The Morgan fingerprint density at radius 3 is 2.54 bits per heavy atom. The molecule has 0 saturated carbocycles. The third-order valence-corrected chi connectivity index (χ3v) is 5.70. The predicted molar refractivity (Wildman–Crippen MR) is 113 cm³/mol. The Kier molecular flexibility index (Phi) is 3.69. The molecule has 0 amide bonds. The zero-order chi connectivity index (χ0) is 19.4. The zero-order valence-corrected chi connectivity index (χ0v) is 16.3. The number of aromatic nitrogens is 1. The maximum atomic E-state index is 12.5. The van der Waals surface area contributed by atoms with Gasteiger partial charge in [-0.2, -0.15) is 0 Å². The first kappa shape index (κ1) is 16.9. The van der Waals surface area contributed by atoms with E-state index in [1.54, 1.807) is 0 Å². The van der Waals surface area contributed by atoms with E-state index in [1.165, 1.54) is 21.8 Å². The van der Waals surface area contributed by atoms with Crippen LogP contribution in [0.5, 0.6) is 0 Å². The Hall–Kier alpha value is -3.27. The number of esters is 1. The predicted octanol–water partition coefficient (Wildman–Crippen LogP) is 5.14. The molecular formula is C24H22N2O2. The van der Waals surface area contributed by atoms with Crippen molar-refractivity contribution >= 4 is 33.5 Å². The van der Waals surface area contributed by atoms with E-state index in [0.29, 0.717) is 5.56 Å². The summed E-state index contributed by atoms with van der Waals surface area (Å²) in [6.07, 6.45) is -0.355. The largest absolute Gasteiger partial charge is 0.449 e. The van der Waals surface area contributed by atoms with Crippen molar-refractivity contribution in [3.05, 3.63) is 77.4 Å². The number of carbonyl (C=O) groups excluding carboxylic acids is 1. The van der Waals surface area contributed by atoms with Gasteiger partial charge in [0.2, 0.25) is 0 Å². The molecule has 1 atom stereocenters. The van der Waals surface area contributed by atoms with Crippen molar-refractivity contribution < 1.29 is 9.53 Å². The van der Waals surface area contributed by atoms with Crippen molar-refractivity contribution in [2.75, 3.05) is 19.0 Å². The van der Waals surface area contributed by atoms with Crippen molar-refractivity contribution in [1.29, 1.82) is 0 Å². The third-order valence-electron chi connectivity index (χ3n) is 5.70. The first-order valence-corrected chi connectivity index (χ1v) is 9.61. The lowest BCUT2D eigenvalue weighted by Gasteiger charge is -2.14. The number of benzene rings is 3. The maximum Gasteiger partial charge on any atom is 0.339 e. The van der Waals surface area contributed by atoms with Gasteiger partial charge in [0.1, 0.15) is 0 Å². The molecule has 0 fully saturated rings. The van der Waals surface area contributed by atoms with E-state index >= 15 is 0 Å². The molecule has 0 saturated heterocycles. The second-order valence-electron chi connectivity index (χ2n) is 7.49. The van der Waals surface area contributed by atoms with Crippen LogP contribution in [0.2, 0.25) is 0 Å². The Morgan fingerprint density at radius 1 is 0.964 bits per heavy atom. The first-order chi connectivity index (χ1) is 13.6. The van der Waals surface area contributed by atoms with Crippen molar-refractivity contribution in [3.8, 4) is 0 Å². The number of hydrogen-bond acceptors (Lipinski definition) is 3. The van der Waals surface area contributed by atoms with E-state index in [-0.39, 0.29) is 12.1 Å². The van der Waals surface area contributed by atoms with Gasteiger partial charge in [0.05, 0.1) is 5.56 Å². The summed E-state index contributed by atoms with van der Waals surface area (Å²) in [6.45, 7) is 3.08. The normalized spacial score (nSPS) is 15.8. The smallest absolute Gasteiger partial charge is 0.339 e. The molecule has 1 aliphatic rings. The number of rotatable bonds is 3. The average molecular weight is 370 g/mol. The molecule has 0 spiro atoms. The van der Waals surface area contributed by atoms with Gasteiger partial charge in [-0.25, -0.2) is 4.79 Å². The molecule has 0 radical (unpaired) electrons. The standard InChI is InChI=1S/C24H22N2O2/c1-4-26-21-8-6-5-7-17(21)19-13-15(9-12-22(19)26)23-18-11-10-16(25(2)3)14-20(18)24(27)28-23/h5-14,23H,4H2,1-3H3. The highest BCUT2D eigenvalue weighted by atomic mass is 16.5. The summed E-state index contributed by atoms with van der Waals surface area (Å²) in [6, 6.07) is 20.8. The fraction of sp³-hybridized carbons (Fsp3) is 0.208. The summed E-state index contributed by atoms with van der Waals surface area (Å²) in [5.41, 5.74) is 6.05. The van der Waals surface area contributed by atoms with Gasteiger partial charge in [-0.05, 0) is 42.8 Å². The number of hydrogen-bond donors (Lipinski definition) is 0. The van der Waals surface area contributed by atoms with E-state index in [9.17, 15) is 4.79 Å². The third kappa shape index (κ3) is 2.34. The number of aryl methyl sites for hydroxylation is 1. The minimum Gasteiger partial charge on any atom is -0.449 e. The summed E-state index contributed by atoms with van der Waals surface area (Å²) in [4.78, 5) is 14.5. The van der Waals surface area contributed by atoms with Gasteiger partial charge < -0.3 is 14.2 Å². The minimum atomic E-state index is -0.355. The van der Waals surface area contributed by atoms with Gasteiger partial charge >= 0.3 is 5.97 Å². The average Bonchev–Trinajstić information content (AvgIpc) is 3.22. The molecule has 0 N–H and O–H groups in total. The molecular weight excluding hydrogens is 348 g/mol. The lowest BCUT2D eigenvalue weighted by atomic mass is 9.97. The van der Waals surface area contributed by atoms with Gasteiger partial charge in [0.15, 0.2) is 6.10 Å². The van der Waals surface area contributed by atoms with Gasteiger partial charge in [0.25, 0.3) is 0 Å². The quantitative estimate of drug-likeness (QED) is 0.468. The highest BCUT2D eigenvalue weighted by Crippen LogP contribution is 2.39. The number of para-hydroxylation sites is 1. The molecule has 28 heavy (non-hydrogen) atoms. The molecule has 0 bridgehead atoms. The minimum absolute atomic E-state index is 0.250. The molecule has 5 rings (SSSR count). The van der Waals surface area contributed by atoms with Crippen LogP contribution < -0.4 is 4.90 Å². The number of cyclic esters (lactones) is 1. The van der Waals surface area contributed by atoms with Crippen LogP contribution in [-0.2, 0) is 11.3 Å². The monoisotopic (exact) mass is 370 g/mol. The van der Waals surface area contributed by atoms with E-state index in [1.807, 2.05) is 37.2 Å². The number of fused-ring (bicyclic) bond motifs is 4. The van der Waals surface area contributed by atoms with Crippen LogP contribution in [0, 0.1) is 0 Å². The molecule has 4 nitrogen and oxygen atoms in total. The molecule has 140 valence electrons. The zero-order valence-electron chi connectivity index (χ0n) is 16.3. The highest BCUT2D eigenvalue weighted by molar-refractivity contribution is 6.08. The van der Waals surface area contributed by atoms with E-state index < -0.39 is 0 Å². The van der Waals surface area contributed by atoms with Gasteiger partial charge in [-0.15, -0.1) is 0 Å². The molecule has 1 aromatic heterocycles. The molecule has 4 aromatic rings. The summed E-state index contributed by atoms with van der Waals surface area (Å²) in [5.74, 6) is -0.250. The van der Waals surface area contributed by atoms with Crippen LogP contribution in [0.3, 0.4) is 0 Å². The number of ether oxygens (including phenoxy) is 1. The molecule has 1 aliphatic heterocycles. The fourth-order valence-corrected chi connectivity index (χ4v) is 4.28. The van der Waals surface area contributed by atoms with Gasteiger partial charge in [-0.3, -0.25) is 0 Å². The lowest BCUT2D eigenvalue weighted by molar-refractivity contribution is 0.0456. The lowest BCUT2D eigenvalue weighted by Crippen LogP contribution is -2.09. The molecule has 3 aromatic carbocycles. The van der Waals surface area contributed by atoms with Crippen LogP contribution in [0.1, 0.15) is 34.5 Å². The number of anilines is 1. The summed E-state index contributed by atoms with van der Waals surface area (Å²) >= 11 is 0. The van der Waals surface area contributed by atoms with Crippen molar-refractivity contribution in [2.24, 2.45) is 0 Å². The molecule has 1 unspecified atom stereocenters. The fourth-order valence-electron chi connectivity index (χ4n) is 4.28. The maximum absolute atomic E-state index is 12.5. The van der Waals surface area contributed by atoms with Crippen LogP contribution in [0.15, 0.2) is 60.7 Å². The number of carbonyl (C=O) groups is 1. The summed E-state index contributed by atoms with van der Waals surface area (Å²) in [5, 5.41) is 2.43. The Balaban J connectivity index is 1.67. The van der Waals surface area contributed by atoms with Crippen LogP contribution >= 0.6 is 0 Å². The highest BCUT2D eigenvalue weighted by Gasteiger charge is 2.33. The van der Waals surface area contributed by atoms with Crippen molar-refractivity contribution in [1.82, 2.24) is 4.57 Å². The molecule has 4 heteroatoms. The Bertz CT molecular complexity index is 1240. The topological polar surface area (TPSA) is 34.5 Å². The number of nitrogens with zero attached hydrogens (tertiary/aromatic N) is 2. The second-order valence-corrected chi connectivity index (χ2v) is 7.49. The SMILES string of the molecule is CCn1c2ccccc2c2cc(C3OC(=O)c4cc(N(C)C)ccc43)ccc21. The van der Waals surface area contributed by atoms with E-state index in [0.717, 1.165) is 23.4 Å². The Labute approximate surface area is 163 Å². The molecule has 0 aliphatic carbocycles. The van der Waals surface area contributed by atoms with E-state index in [4.69, 9.17) is 4.74 Å². The van der Waals surface area contributed by atoms with Crippen molar-refractivity contribution in [2.45, 2.75) is 19.6 Å². The van der Waals surface area contributed by atoms with Crippen LogP contribution in [-0.4, -0.2) is 24.6 Å². The summed E-state index contributed by atoms with van der Waals surface area (Å²) < 4.78 is 8.11. The van der Waals surface area contributed by atoms with E-state index in [2.05, 4.69) is 54.0 Å². The second kappa shape index (κ2) is 6.13. The Morgan fingerprint density at radius 2 is 1.75 bits per heavy atom. The van der Waals surface area contributed by atoms with Crippen LogP contribution in [0.4, 0.5) is 5.69 Å².